The largest absolute Gasteiger partial charge is 0.496 e. The molecule has 0 spiro atoms. The molecule has 0 radical (unpaired) electrons. The summed E-state index contributed by atoms with van der Waals surface area (Å²) in [7, 11) is 1.67. The van der Waals surface area contributed by atoms with Crippen LogP contribution >= 0.6 is 23.5 Å². The molecule has 0 aromatic heterocycles. The third-order valence-corrected chi connectivity index (χ3v) is 6.20. The van der Waals surface area contributed by atoms with Crippen molar-refractivity contribution in [1.29, 1.82) is 0 Å². The molecule has 0 saturated heterocycles. The minimum absolute atomic E-state index is 0.161. The number of methoxy groups -OCH3 is 1. The molecule has 1 unspecified atom stereocenters. The molecule has 1 atom stereocenters. The Kier molecular flexibility index (Phi) is 7.08. The number of nitrogens with two attached hydrogens (primary N) is 1. The predicted molar refractivity (Wildman–Crippen MR) is 99.5 cm³/mol. The summed E-state index contributed by atoms with van der Waals surface area (Å²) in [4.78, 5) is 10.8. The Labute approximate surface area is 144 Å². The lowest BCUT2D eigenvalue weighted by atomic mass is 10.0. The van der Waals surface area contributed by atoms with Crippen LogP contribution in [-0.2, 0) is 4.79 Å². The number of thioether (sulfide) groups is 2. The summed E-state index contributed by atoms with van der Waals surface area (Å²) in [5.74, 6) is 1.50. The van der Waals surface area contributed by atoms with E-state index in [2.05, 4.69) is 12.1 Å². The lowest BCUT2D eigenvalue weighted by Gasteiger charge is -2.19. The Bertz CT molecular complexity index is 663. The molecule has 0 saturated carbocycles. The number of carbonyl (C=O) groups is 1. The first-order chi connectivity index (χ1) is 11.2. The molecule has 4 nitrogen and oxygen atoms in total. The number of carboxylic acid groups (broad SMARTS) is 1. The number of fused-ring (bicyclic) bond motifs is 1. The van der Waals surface area contributed by atoms with E-state index in [0.717, 1.165) is 22.3 Å². The molecule has 3 N–H and O–H groups in total. The molecule has 0 heterocycles. The molecular weight excluding hydrogens is 330 g/mol. The number of hydrogen-bond acceptors (Lipinski definition) is 5. The maximum absolute atomic E-state index is 10.8. The molecule has 0 fully saturated rings. The fraction of sp³-hybridized carbons (Fsp3) is 0.353. The first kappa shape index (κ1) is 18.0. The van der Waals surface area contributed by atoms with Gasteiger partial charge in [0.05, 0.1) is 18.1 Å². The summed E-state index contributed by atoms with van der Waals surface area (Å²) in [6, 6.07) is 12.2. The van der Waals surface area contributed by atoms with E-state index < -0.39 is 5.97 Å². The SMILES string of the molecule is COc1ccc(C(SCCN)SCCC(=O)O)c2ccccc12. The van der Waals surface area contributed by atoms with Crippen LogP contribution in [0.25, 0.3) is 10.8 Å². The third-order valence-electron chi connectivity index (χ3n) is 3.36. The summed E-state index contributed by atoms with van der Waals surface area (Å²) in [6.45, 7) is 0.606. The molecule has 0 bridgehead atoms. The molecule has 124 valence electrons. The fourth-order valence-corrected chi connectivity index (χ4v) is 4.92. The van der Waals surface area contributed by atoms with E-state index in [1.165, 1.54) is 5.56 Å². The topological polar surface area (TPSA) is 72.5 Å². The van der Waals surface area contributed by atoms with Crippen LogP contribution in [0, 0.1) is 0 Å². The Hall–Kier alpha value is -1.37. The van der Waals surface area contributed by atoms with Crippen LogP contribution < -0.4 is 10.5 Å². The first-order valence-electron chi connectivity index (χ1n) is 7.38. The van der Waals surface area contributed by atoms with Crippen LogP contribution in [0.4, 0.5) is 0 Å². The minimum Gasteiger partial charge on any atom is -0.496 e. The second-order valence-corrected chi connectivity index (χ2v) is 7.63. The zero-order valence-corrected chi connectivity index (χ0v) is 14.7. The number of carboxylic acids is 1. The van der Waals surface area contributed by atoms with Crippen molar-refractivity contribution in [1.82, 2.24) is 0 Å². The van der Waals surface area contributed by atoms with Crippen molar-refractivity contribution in [2.45, 2.75) is 11.0 Å². The average molecular weight is 351 g/mol. The maximum atomic E-state index is 10.8. The first-order valence-corrected chi connectivity index (χ1v) is 9.47. The second-order valence-electron chi connectivity index (χ2n) is 4.91. The van der Waals surface area contributed by atoms with Crippen LogP contribution in [-0.4, -0.2) is 36.2 Å². The van der Waals surface area contributed by atoms with Crippen LogP contribution in [0.1, 0.15) is 16.6 Å². The van der Waals surface area contributed by atoms with Gasteiger partial charge in [-0.2, -0.15) is 0 Å². The Morgan fingerprint density at radius 2 is 1.87 bits per heavy atom. The quantitative estimate of drug-likeness (QED) is 0.671. The number of rotatable bonds is 9. The zero-order valence-electron chi connectivity index (χ0n) is 13.0. The normalized spacial score (nSPS) is 12.3. The van der Waals surface area contributed by atoms with Crippen molar-refractivity contribution >= 4 is 40.3 Å². The van der Waals surface area contributed by atoms with E-state index >= 15 is 0 Å². The van der Waals surface area contributed by atoms with Gasteiger partial charge < -0.3 is 15.6 Å². The highest BCUT2D eigenvalue weighted by Gasteiger charge is 2.17. The van der Waals surface area contributed by atoms with Crippen molar-refractivity contribution < 1.29 is 14.6 Å². The Morgan fingerprint density at radius 1 is 1.17 bits per heavy atom. The summed E-state index contributed by atoms with van der Waals surface area (Å²) in [5.41, 5.74) is 6.84. The van der Waals surface area contributed by atoms with Gasteiger partial charge in [0.2, 0.25) is 0 Å². The minimum atomic E-state index is -0.764. The standard InChI is InChI=1S/C17H21NO3S2/c1-21-15-7-6-14(12-4-2-3-5-13(12)15)17(23-11-9-18)22-10-8-16(19)20/h2-7,17H,8-11,18H2,1H3,(H,19,20). The smallest absolute Gasteiger partial charge is 0.304 e. The van der Waals surface area contributed by atoms with Crippen molar-refractivity contribution in [3.63, 3.8) is 0 Å². The molecular formula is C17H21NO3S2. The van der Waals surface area contributed by atoms with Gasteiger partial charge in [0.15, 0.2) is 0 Å². The van der Waals surface area contributed by atoms with Gasteiger partial charge >= 0.3 is 5.97 Å². The Balaban J connectivity index is 2.33. The summed E-state index contributed by atoms with van der Waals surface area (Å²) < 4.78 is 5.61. The van der Waals surface area contributed by atoms with Gasteiger partial charge in [-0.15, -0.1) is 23.5 Å². The molecule has 2 aromatic carbocycles. The summed E-state index contributed by atoms with van der Waals surface area (Å²) >= 11 is 3.42. The van der Waals surface area contributed by atoms with E-state index in [1.54, 1.807) is 30.6 Å². The molecule has 2 rings (SSSR count). The lowest BCUT2D eigenvalue weighted by Crippen LogP contribution is -2.05. The van der Waals surface area contributed by atoms with Gasteiger partial charge in [0.1, 0.15) is 5.75 Å². The molecule has 23 heavy (non-hydrogen) atoms. The van der Waals surface area contributed by atoms with Crippen LogP contribution in [0.2, 0.25) is 0 Å². The molecule has 0 amide bonds. The zero-order chi connectivity index (χ0) is 16.7. The van der Waals surface area contributed by atoms with Gasteiger partial charge in [0.25, 0.3) is 0 Å². The molecule has 0 aliphatic carbocycles. The van der Waals surface area contributed by atoms with Crippen molar-refractivity contribution in [3.05, 3.63) is 42.0 Å². The monoisotopic (exact) mass is 351 g/mol. The van der Waals surface area contributed by atoms with Crippen LogP contribution in [0.3, 0.4) is 0 Å². The Morgan fingerprint density at radius 3 is 2.52 bits per heavy atom. The van der Waals surface area contributed by atoms with Crippen molar-refractivity contribution in [2.75, 3.05) is 25.2 Å². The van der Waals surface area contributed by atoms with Gasteiger partial charge in [-0.25, -0.2) is 0 Å². The number of ether oxygens (including phenoxy) is 1. The second kappa shape index (κ2) is 9.05. The molecule has 0 aliphatic rings. The number of benzene rings is 2. The predicted octanol–water partition coefficient (Wildman–Crippen LogP) is 3.75. The highest BCUT2D eigenvalue weighted by molar-refractivity contribution is 8.16. The highest BCUT2D eigenvalue weighted by Crippen LogP contribution is 2.44. The summed E-state index contributed by atoms with van der Waals surface area (Å²) in [6.07, 6.45) is 0.165. The third kappa shape index (κ3) is 4.80. The highest BCUT2D eigenvalue weighted by atomic mass is 32.2. The number of hydrogen-bond donors (Lipinski definition) is 2. The van der Waals surface area contributed by atoms with Crippen molar-refractivity contribution in [2.24, 2.45) is 5.73 Å². The van der Waals surface area contributed by atoms with Gasteiger partial charge in [-0.1, -0.05) is 30.3 Å². The van der Waals surface area contributed by atoms with E-state index in [1.807, 2.05) is 24.3 Å². The lowest BCUT2D eigenvalue weighted by molar-refractivity contribution is -0.136. The van der Waals surface area contributed by atoms with E-state index in [4.69, 9.17) is 15.6 Å². The van der Waals surface area contributed by atoms with E-state index in [-0.39, 0.29) is 11.0 Å². The van der Waals surface area contributed by atoms with Gasteiger partial charge in [-0.3, -0.25) is 4.79 Å². The molecule has 0 aliphatic heterocycles. The molecule has 2 aromatic rings. The van der Waals surface area contributed by atoms with Gasteiger partial charge in [-0.05, 0) is 17.0 Å². The van der Waals surface area contributed by atoms with E-state index in [9.17, 15) is 4.79 Å². The summed E-state index contributed by atoms with van der Waals surface area (Å²) in [5, 5.41) is 11.1. The number of aliphatic carboxylic acids is 1. The van der Waals surface area contributed by atoms with Crippen LogP contribution in [0.15, 0.2) is 36.4 Å². The van der Waals surface area contributed by atoms with Crippen LogP contribution in [0.5, 0.6) is 5.75 Å². The van der Waals surface area contributed by atoms with Crippen molar-refractivity contribution in [3.8, 4) is 5.75 Å². The fourth-order valence-electron chi connectivity index (χ4n) is 2.33. The van der Waals surface area contributed by atoms with Gasteiger partial charge in [0, 0.05) is 23.4 Å². The average Bonchev–Trinajstić information content (AvgIpc) is 2.57. The maximum Gasteiger partial charge on any atom is 0.304 e. The van der Waals surface area contributed by atoms with E-state index in [0.29, 0.717) is 12.3 Å². The molecule has 6 heteroatoms.